The zero-order chi connectivity index (χ0) is 24.1. The fourth-order valence-corrected chi connectivity index (χ4v) is 3.70. The summed E-state index contributed by atoms with van der Waals surface area (Å²) in [5.41, 5.74) is 1.40. The van der Waals surface area contributed by atoms with Crippen LogP contribution in [-0.2, 0) is 4.74 Å². The van der Waals surface area contributed by atoms with Crippen LogP contribution in [0.1, 0.15) is 22.2 Å². The highest BCUT2D eigenvalue weighted by Crippen LogP contribution is 2.31. The van der Waals surface area contributed by atoms with Gasteiger partial charge in [0.15, 0.2) is 5.82 Å². The SMILES string of the molecule is COC(c1ccccn1)[C@H](CO)NC(=O)c1ccccc1-c1[nH]nc(-c2ccc(F)cc2)c1F. The molecule has 0 spiro atoms. The Morgan fingerprint density at radius 2 is 1.82 bits per heavy atom. The van der Waals surface area contributed by atoms with Crippen LogP contribution in [0.15, 0.2) is 72.9 Å². The molecule has 2 aromatic heterocycles. The Hall–Kier alpha value is -3.95. The maximum absolute atomic E-state index is 15.3. The van der Waals surface area contributed by atoms with Crippen LogP contribution < -0.4 is 5.32 Å². The number of amides is 1. The first-order valence-electron chi connectivity index (χ1n) is 10.5. The molecule has 2 heterocycles. The van der Waals surface area contributed by atoms with Gasteiger partial charge in [-0.25, -0.2) is 8.78 Å². The summed E-state index contributed by atoms with van der Waals surface area (Å²) in [5.74, 6) is -1.65. The first kappa shape index (κ1) is 23.2. The number of ether oxygens (including phenoxy) is 1. The summed E-state index contributed by atoms with van der Waals surface area (Å²) in [6, 6.07) is 16.2. The first-order valence-corrected chi connectivity index (χ1v) is 10.5. The van der Waals surface area contributed by atoms with E-state index in [-0.39, 0.29) is 22.5 Å². The van der Waals surface area contributed by atoms with Crippen molar-refractivity contribution < 1.29 is 23.4 Å². The van der Waals surface area contributed by atoms with Gasteiger partial charge in [-0.05, 0) is 42.5 Å². The van der Waals surface area contributed by atoms with Gasteiger partial charge in [0.25, 0.3) is 5.91 Å². The third-order valence-electron chi connectivity index (χ3n) is 5.38. The summed E-state index contributed by atoms with van der Waals surface area (Å²) in [4.78, 5) is 17.4. The van der Waals surface area contributed by atoms with E-state index in [9.17, 15) is 14.3 Å². The number of aliphatic hydroxyl groups is 1. The van der Waals surface area contributed by atoms with Crippen LogP contribution in [0.4, 0.5) is 8.78 Å². The van der Waals surface area contributed by atoms with E-state index in [0.29, 0.717) is 11.3 Å². The van der Waals surface area contributed by atoms with Crippen LogP contribution in [0, 0.1) is 11.6 Å². The number of rotatable bonds is 8. The van der Waals surface area contributed by atoms with E-state index < -0.39 is 36.3 Å². The largest absolute Gasteiger partial charge is 0.394 e. The fraction of sp³-hybridized carbons (Fsp3) is 0.160. The second kappa shape index (κ2) is 10.3. The van der Waals surface area contributed by atoms with E-state index in [2.05, 4.69) is 20.5 Å². The maximum atomic E-state index is 15.3. The van der Waals surface area contributed by atoms with Gasteiger partial charge in [-0.15, -0.1) is 0 Å². The van der Waals surface area contributed by atoms with Crippen molar-refractivity contribution in [2.24, 2.45) is 0 Å². The number of methoxy groups -OCH3 is 1. The molecule has 0 bridgehead atoms. The predicted octanol–water partition coefficient (Wildman–Crippen LogP) is 3.90. The third kappa shape index (κ3) is 4.70. The van der Waals surface area contributed by atoms with Crippen LogP contribution in [-0.4, -0.2) is 46.0 Å². The van der Waals surface area contributed by atoms with E-state index in [4.69, 9.17) is 4.74 Å². The Morgan fingerprint density at radius 1 is 1.09 bits per heavy atom. The van der Waals surface area contributed by atoms with Gasteiger partial charge in [0.2, 0.25) is 0 Å². The highest BCUT2D eigenvalue weighted by atomic mass is 19.1. The number of pyridine rings is 1. The molecule has 2 aromatic carbocycles. The number of carbonyl (C=O) groups is 1. The Morgan fingerprint density at radius 3 is 2.50 bits per heavy atom. The van der Waals surface area contributed by atoms with E-state index in [1.807, 2.05) is 0 Å². The van der Waals surface area contributed by atoms with Gasteiger partial charge in [0.1, 0.15) is 23.3 Å². The number of nitrogens with one attached hydrogen (secondary N) is 2. The summed E-state index contributed by atoms with van der Waals surface area (Å²) in [5, 5.41) is 19.4. The van der Waals surface area contributed by atoms with E-state index in [0.717, 1.165) is 0 Å². The second-order valence-corrected chi connectivity index (χ2v) is 7.49. The van der Waals surface area contributed by atoms with Crippen LogP contribution in [0.5, 0.6) is 0 Å². The monoisotopic (exact) mass is 464 g/mol. The summed E-state index contributed by atoms with van der Waals surface area (Å²) < 4.78 is 34.0. The van der Waals surface area contributed by atoms with Gasteiger partial charge in [-0.3, -0.25) is 14.9 Å². The molecular weight excluding hydrogens is 442 g/mol. The minimum Gasteiger partial charge on any atom is -0.394 e. The number of benzene rings is 2. The van der Waals surface area contributed by atoms with Crippen molar-refractivity contribution in [1.82, 2.24) is 20.5 Å². The van der Waals surface area contributed by atoms with Crippen molar-refractivity contribution in [2.75, 3.05) is 13.7 Å². The van der Waals surface area contributed by atoms with Crippen LogP contribution in [0.2, 0.25) is 0 Å². The van der Waals surface area contributed by atoms with Gasteiger partial charge >= 0.3 is 0 Å². The molecule has 2 atom stereocenters. The molecule has 4 aromatic rings. The second-order valence-electron chi connectivity index (χ2n) is 7.49. The summed E-state index contributed by atoms with van der Waals surface area (Å²) in [6.45, 7) is -0.407. The zero-order valence-electron chi connectivity index (χ0n) is 18.2. The molecule has 0 fully saturated rings. The number of aromatic amines is 1. The van der Waals surface area contributed by atoms with Crippen LogP contribution in [0.3, 0.4) is 0 Å². The number of carbonyl (C=O) groups excluding carboxylic acids is 1. The summed E-state index contributed by atoms with van der Waals surface area (Å²) in [6.07, 6.45) is 0.892. The molecular formula is C25H22F2N4O3. The molecule has 0 radical (unpaired) electrons. The lowest BCUT2D eigenvalue weighted by atomic mass is 10.0. The topological polar surface area (TPSA) is 100 Å². The Balaban J connectivity index is 1.64. The Bertz CT molecular complexity index is 1260. The van der Waals surface area contributed by atoms with Gasteiger partial charge < -0.3 is 15.2 Å². The van der Waals surface area contributed by atoms with Crippen molar-refractivity contribution >= 4 is 5.91 Å². The highest BCUT2D eigenvalue weighted by Gasteiger charge is 2.27. The molecule has 0 aliphatic carbocycles. The molecule has 7 nitrogen and oxygen atoms in total. The minimum atomic E-state index is -0.804. The Kier molecular flexibility index (Phi) is 7.05. The van der Waals surface area contributed by atoms with Gasteiger partial charge in [0, 0.05) is 30.0 Å². The van der Waals surface area contributed by atoms with Gasteiger partial charge in [-0.1, -0.05) is 24.3 Å². The standard InChI is InChI=1S/C25H22F2N4O3/c1-34-24(19-8-4-5-13-28-19)20(14-32)29-25(33)18-7-3-2-6-17(18)23-21(27)22(30-31-23)15-9-11-16(26)12-10-15/h2-13,20,24,32H,14H2,1H3,(H,29,33)(H,30,31)/t20-,24?/m0/s1. The predicted molar refractivity (Wildman–Crippen MR) is 122 cm³/mol. The molecule has 1 amide bonds. The van der Waals surface area contributed by atoms with Crippen LogP contribution >= 0.6 is 0 Å². The van der Waals surface area contributed by atoms with Crippen molar-refractivity contribution in [3.8, 4) is 22.5 Å². The smallest absolute Gasteiger partial charge is 0.252 e. The molecule has 0 saturated heterocycles. The quantitative estimate of drug-likeness (QED) is 0.367. The first-order chi connectivity index (χ1) is 16.5. The number of hydrogen-bond acceptors (Lipinski definition) is 5. The van der Waals surface area contributed by atoms with Gasteiger partial charge in [0.05, 0.1) is 18.3 Å². The lowest BCUT2D eigenvalue weighted by molar-refractivity contribution is 0.0390. The van der Waals surface area contributed by atoms with Crippen molar-refractivity contribution in [3.63, 3.8) is 0 Å². The number of aromatic nitrogens is 3. The minimum absolute atomic E-state index is 0.00745. The lowest BCUT2D eigenvalue weighted by Crippen LogP contribution is -2.43. The summed E-state index contributed by atoms with van der Waals surface area (Å²) >= 11 is 0. The number of halogens is 2. The van der Waals surface area contributed by atoms with Crippen molar-refractivity contribution in [1.29, 1.82) is 0 Å². The molecule has 4 rings (SSSR count). The number of aliphatic hydroxyl groups excluding tert-OH is 1. The molecule has 9 heteroatoms. The van der Waals surface area contributed by atoms with Gasteiger partial charge in [-0.2, -0.15) is 5.10 Å². The zero-order valence-corrected chi connectivity index (χ0v) is 18.2. The third-order valence-corrected chi connectivity index (χ3v) is 5.38. The van der Waals surface area contributed by atoms with E-state index in [1.54, 1.807) is 48.7 Å². The van der Waals surface area contributed by atoms with Crippen molar-refractivity contribution in [3.05, 3.63) is 95.8 Å². The number of H-pyrrole nitrogens is 1. The number of nitrogens with zero attached hydrogens (tertiary/aromatic N) is 2. The molecule has 174 valence electrons. The summed E-state index contributed by atoms with van der Waals surface area (Å²) in [7, 11) is 1.46. The molecule has 3 N–H and O–H groups in total. The van der Waals surface area contributed by atoms with E-state index >= 15 is 4.39 Å². The molecule has 34 heavy (non-hydrogen) atoms. The van der Waals surface area contributed by atoms with Crippen LogP contribution in [0.25, 0.3) is 22.5 Å². The van der Waals surface area contributed by atoms with Crippen molar-refractivity contribution in [2.45, 2.75) is 12.1 Å². The average Bonchev–Trinajstić information content (AvgIpc) is 3.25. The Labute approximate surface area is 194 Å². The average molecular weight is 464 g/mol. The normalized spacial score (nSPS) is 12.8. The fourth-order valence-electron chi connectivity index (χ4n) is 3.70. The molecule has 1 unspecified atom stereocenters. The molecule has 0 aliphatic rings. The highest BCUT2D eigenvalue weighted by molar-refractivity contribution is 6.01. The number of hydrogen-bond donors (Lipinski definition) is 3. The molecule has 0 saturated carbocycles. The molecule has 0 aliphatic heterocycles. The maximum Gasteiger partial charge on any atom is 0.252 e. The lowest BCUT2D eigenvalue weighted by Gasteiger charge is -2.25. The van der Waals surface area contributed by atoms with E-state index in [1.165, 1.54) is 31.4 Å².